The summed E-state index contributed by atoms with van der Waals surface area (Å²) in [5.41, 5.74) is 0. The van der Waals surface area contributed by atoms with E-state index in [1.807, 2.05) is 31.2 Å². The first kappa shape index (κ1) is 15.2. The maximum Gasteiger partial charge on any atom is 0.258 e. The zero-order chi connectivity index (χ0) is 15.2. The second-order valence-corrected chi connectivity index (χ2v) is 5.21. The van der Waals surface area contributed by atoms with E-state index in [0.29, 0.717) is 5.75 Å². The Hall–Kier alpha value is -2.23. The van der Waals surface area contributed by atoms with Gasteiger partial charge in [-0.1, -0.05) is 37.6 Å². The first-order valence-corrected chi connectivity index (χ1v) is 7.24. The number of fused-ring (bicyclic) bond motifs is 1. The summed E-state index contributed by atoms with van der Waals surface area (Å²) in [7, 11) is 0. The molecule has 2 aromatic carbocycles. The predicted octanol–water partition coefficient (Wildman–Crippen LogP) is 3.23. The Morgan fingerprint density at radius 2 is 1.95 bits per heavy atom. The largest absolute Gasteiger partial charge is 0.504 e. The van der Waals surface area contributed by atoms with E-state index in [0.717, 1.165) is 23.6 Å². The van der Waals surface area contributed by atoms with Gasteiger partial charge >= 0.3 is 0 Å². The molecule has 0 aliphatic heterocycles. The van der Waals surface area contributed by atoms with Gasteiger partial charge in [-0.15, -0.1) is 0 Å². The highest BCUT2D eigenvalue weighted by molar-refractivity contribution is 5.86. The fourth-order valence-corrected chi connectivity index (χ4v) is 2.29. The Morgan fingerprint density at radius 3 is 2.62 bits per heavy atom. The summed E-state index contributed by atoms with van der Waals surface area (Å²) in [5.74, 6) is 0.193. The van der Waals surface area contributed by atoms with E-state index >= 15 is 0 Å². The molecule has 0 spiro atoms. The lowest BCUT2D eigenvalue weighted by molar-refractivity contribution is -0.123. The summed E-state index contributed by atoms with van der Waals surface area (Å²) in [6, 6.07) is 11.2. The van der Waals surface area contributed by atoms with Crippen molar-refractivity contribution in [2.45, 2.75) is 32.7 Å². The first-order valence-electron chi connectivity index (χ1n) is 7.24. The highest BCUT2D eigenvalue weighted by atomic mass is 16.5. The number of carbonyl (C=O) groups is 1. The number of hydrogen-bond donors (Lipinski definition) is 2. The van der Waals surface area contributed by atoms with E-state index in [2.05, 4.69) is 12.2 Å². The molecule has 21 heavy (non-hydrogen) atoms. The lowest BCUT2D eigenvalue weighted by atomic mass is 10.1. The number of aromatic hydroxyl groups is 1. The molecule has 0 heterocycles. The van der Waals surface area contributed by atoms with E-state index < -0.39 is 0 Å². The monoisotopic (exact) mass is 287 g/mol. The zero-order valence-corrected chi connectivity index (χ0v) is 12.4. The molecule has 0 fully saturated rings. The van der Waals surface area contributed by atoms with Gasteiger partial charge in [0.15, 0.2) is 18.1 Å². The van der Waals surface area contributed by atoms with Gasteiger partial charge in [-0.3, -0.25) is 4.79 Å². The van der Waals surface area contributed by atoms with Gasteiger partial charge in [0, 0.05) is 6.04 Å². The molecule has 0 aliphatic carbocycles. The minimum atomic E-state index is -0.177. The molecule has 2 aromatic rings. The number of amides is 1. The summed E-state index contributed by atoms with van der Waals surface area (Å²) in [6.45, 7) is 3.95. The minimum Gasteiger partial charge on any atom is -0.504 e. The van der Waals surface area contributed by atoms with Gasteiger partial charge in [0.1, 0.15) is 0 Å². The molecule has 0 aromatic heterocycles. The number of phenols is 1. The van der Waals surface area contributed by atoms with Crippen molar-refractivity contribution in [3.8, 4) is 11.5 Å². The Bertz CT molecular complexity index is 624. The van der Waals surface area contributed by atoms with Crippen LogP contribution in [0, 0.1) is 0 Å². The van der Waals surface area contributed by atoms with Crippen LogP contribution in [-0.4, -0.2) is 23.7 Å². The molecule has 2 N–H and O–H groups in total. The van der Waals surface area contributed by atoms with Crippen molar-refractivity contribution in [3.63, 3.8) is 0 Å². The zero-order valence-electron chi connectivity index (χ0n) is 12.4. The summed E-state index contributed by atoms with van der Waals surface area (Å²) in [4.78, 5) is 11.8. The Kier molecular flexibility index (Phi) is 5.04. The molecule has 0 bridgehead atoms. The quantitative estimate of drug-likeness (QED) is 0.857. The highest BCUT2D eigenvalue weighted by Gasteiger charge is 2.10. The predicted molar refractivity (Wildman–Crippen MR) is 83.6 cm³/mol. The second-order valence-electron chi connectivity index (χ2n) is 5.21. The highest BCUT2D eigenvalue weighted by Crippen LogP contribution is 2.31. The Balaban J connectivity index is 2.00. The van der Waals surface area contributed by atoms with Crippen molar-refractivity contribution in [1.29, 1.82) is 0 Å². The molecule has 2 rings (SSSR count). The topological polar surface area (TPSA) is 58.6 Å². The molecule has 0 aliphatic rings. The number of phenolic OH excluding ortho intramolecular Hbond substituents is 1. The van der Waals surface area contributed by atoms with Crippen LogP contribution in [0.25, 0.3) is 10.8 Å². The van der Waals surface area contributed by atoms with E-state index in [1.165, 1.54) is 0 Å². The van der Waals surface area contributed by atoms with Crippen LogP contribution < -0.4 is 10.1 Å². The number of ether oxygens (including phenoxy) is 1. The molecule has 1 unspecified atom stereocenters. The molecule has 1 atom stereocenters. The third-order valence-corrected chi connectivity index (χ3v) is 3.32. The van der Waals surface area contributed by atoms with Crippen molar-refractivity contribution in [1.82, 2.24) is 5.32 Å². The van der Waals surface area contributed by atoms with Crippen LogP contribution in [0.1, 0.15) is 26.7 Å². The lowest BCUT2D eigenvalue weighted by Crippen LogP contribution is -2.35. The van der Waals surface area contributed by atoms with Crippen LogP contribution in [0.2, 0.25) is 0 Å². The summed E-state index contributed by atoms with van der Waals surface area (Å²) >= 11 is 0. The van der Waals surface area contributed by atoms with Crippen LogP contribution in [0.3, 0.4) is 0 Å². The van der Waals surface area contributed by atoms with Crippen molar-refractivity contribution in [2.24, 2.45) is 0 Å². The third kappa shape index (κ3) is 4.12. The van der Waals surface area contributed by atoms with Crippen molar-refractivity contribution < 1.29 is 14.6 Å². The van der Waals surface area contributed by atoms with Gasteiger partial charge in [-0.25, -0.2) is 0 Å². The molecule has 1 amide bonds. The molecular weight excluding hydrogens is 266 g/mol. The van der Waals surface area contributed by atoms with Gasteiger partial charge in [0.25, 0.3) is 5.91 Å². The van der Waals surface area contributed by atoms with E-state index in [1.54, 1.807) is 12.1 Å². The molecule has 4 heteroatoms. The minimum absolute atomic E-state index is 0.0445. The third-order valence-electron chi connectivity index (χ3n) is 3.32. The maximum absolute atomic E-state index is 11.8. The number of benzene rings is 2. The Morgan fingerprint density at radius 1 is 1.29 bits per heavy atom. The Labute approximate surface area is 124 Å². The van der Waals surface area contributed by atoms with E-state index in [4.69, 9.17) is 4.74 Å². The van der Waals surface area contributed by atoms with E-state index in [-0.39, 0.29) is 24.3 Å². The smallest absolute Gasteiger partial charge is 0.258 e. The van der Waals surface area contributed by atoms with Crippen molar-refractivity contribution in [2.75, 3.05) is 6.61 Å². The van der Waals surface area contributed by atoms with Gasteiger partial charge < -0.3 is 15.2 Å². The van der Waals surface area contributed by atoms with Crippen LogP contribution in [0.15, 0.2) is 36.4 Å². The summed E-state index contributed by atoms with van der Waals surface area (Å²) in [6.07, 6.45) is 1.96. The molecule has 0 saturated heterocycles. The fourth-order valence-electron chi connectivity index (χ4n) is 2.29. The number of nitrogens with one attached hydrogen (secondary N) is 1. The van der Waals surface area contributed by atoms with E-state index in [9.17, 15) is 9.90 Å². The molecule has 0 saturated carbocycles. The van der Waals surface area contributed by atoms with Crippen molar-refractivity contribution in [3.05, 3.63) is 36.4 Å². The van der Waals surface area contributed by atoms with Gasteiger partial charge in [-0.2, -0.15) is 0 Å². The molecular formula is C17H21NO3. The second kappa shape index (κ2) is 6.97. The van der Waals surface area contributed by atoms with Crippen LogP contribution in [-0.2, 0) is 4.79 Å². The SMILES string of the molecule is CCCC(C)NC(=O)COc1cc2ccccc2cc1O. The number of rotatable bonds is 6. The molecule has 112 valence electrons. The maximum atomic E-state index is 11.8. The van der Waals surface area contributed by atoms with Gasteiger partial charge in [-0.05, 0) is 36.2 Å². The van der Waals surface area contributed by atoms with Crippen LogP contribution in [0.5, 0.6) is 11.5 Å². The normalized spacial score (nSPS) is 12.1. The number of hydrogen-bond acceptors (Lipinski definition) is 3. The summed E-state index contributed by atoms with van der Waals surface area (Å²) in [5, 5.41) is 14.7. The standard InChI is InChI=1S/C17H21NO3/c1-3-6-12(2)18-17(20)11-21-16-10-14-8-5-4-7-13(14)9-15(16)19/h4-5,7-10,12,19H,3,6,11H2,1-2H3,(H,18,20). The summed E-state index contributed by atoms with van der Waals surface area (Å²) < 4.78 is 5.42. The van der Waals surface area contributed by atoms with Gasteiger partial charge in [0.2, 0.25) is 0 Å². The molecule has 4 nitrogen and oxygen atoms in total. The van der Waals surface area contributed by atoms with Crippen LogP contribution >= 0.6 is 0 Å². The lowest BCUT2D eigenvalue weighted by Gasteiger charge is -2.14. The average molecular weight is 287 g/mol. The van der Waals surface area contributed by atoms with Gasteiger partial charge in [0.05, 0.1) is 0 Å². The van der Waals surface area contributed by atoms with Crippen LogP contribution in [0.4, 0.5) is 0 Å². The fraction of sp³-hybridized carbons (Fsp3) is 0.353. The number of carbonyl (C=O) groups excluding carboxylic acids is 1. The molecule has 0 radical (unpaired) electrons. The van der Waals surface area contributed by atoms with Crippen molar-refractivity contribution >= 4 is 16.7 Å². The average Bonchev–Trinajstić information content (AvgIpc) is 2.45. The first-order chi connectivity index (χ1) is 10.1.